The van der Waals surface area contributed by atoms with Crippen molar-refractivity contribution in [3.05, 3.63) is 17.5 Å². The first kappa shape index (κ1) is 7.85. The van der Waals surface area contributed by atoms with Gasteiger partial charge in [0.1, 0.15) is 5.75 Å². The molecule has 0 unspecified atom stereocenters. The van der Waals surface area contributed by atoms with Crippen molar-refractivity contribution in [2.75, 3.05) is 6.61 Å². The standard InChI is InChI=1S/C8H7NO4/c10-5-3-6-4(1-2-13-6)9-7(5)8(11)12/h3,10H,1-2H2,(H,11,12). The van der Waals surface area contributed by atoms with Crippen LogP contribution in [0.15, 0.2) is 6.07 Å². The molecule has 5 heteroatoms. The van der Waals surface area contributed by atoms with Gasteiger partial charge in [-0.05, 0) is 0 Å². The van der Waals surface area contributed by atoms with Crippen molar-refractivity contribution >= 4 is 5.97 Å². The second-order valence-electron chi connectivity index (χ2n) is 2.70. The Labute approximate surface area is 73.6 Å². The van der Waals surface area contributed by atoms with E-state index >= 15 is 0 Å². The van der Waals surface area contributed by atoms with Crippen molar-refractivity contribution in [2.24, 2.45) is 0 Å². The lowest BCUT2D eigenvalue weighted by atomic mass is 10.2. The minimum atomic E-state index is -1.23. The molecule has 2 rings (SSSR count). The molecule has 13 heavy (non-hydrogen) atoms. The molecule has 0 saturated carbocycles. The highest BCUT2D eigenvalue weighted by Crippen LogP contribution is 2.29. The summed E-state index contributed by atoms with van der Waals surface area (Å²) in [6.45, 7) is 0.491. The van der Waals surface area contributed by atoms with Crippen molar-refractivity contribution < 1.29 is 19.7 Å². The number of ether oxygens (including phenoxy) is 1. The van der Waals surface area contributed by atoms with Gasteiger partial charge in [0.2, 0.25) is 0 Å². The zero-order valence-electron chi connectivity index (χ0n) is 6.65. The molecule has 1 aromatic rings. The third-order valence-corrected chi connectivity index (χ3v) is 1.84. The summed E-state index contributed by atoms with van der Waals surface area (Å²) in [6.07, 6.45) is 0.593. The highest BCUT2D eigenvalue weighted by Gasteiger charge is 2.20. The molecule has 1 aliphatic rings. The molecular weight excluding hydrogens is 174 g/mol. The van der Waals surface area contributed by atoms with E-state index in [4.69, 9.17) is 9.84 Å². The Kier molecular flexibility index (Phi) is 1.58. The van der Waals surface area contributed by atoms with Gasteiger partial charge in [0.15, 0.2) is 11.4 Å². The Bertz CT molecular complexity index is 375. The van der Waals surface area contributed by atoms with Gasteiger partial charge in [-0.3, -0.25) is 0 Å². The van der Waals surface area contributed by atoms with Gasteiger partial charge >= 0.3 is 5.97 Å². The van der Waals surface area contributed by atoms with Gasteiger partial charge in [0.25, 0.3) is 0 Å². The lowest BCUT2D eigenvalue weighted by Gasteiger charge is -2.01. The highest BCUT2D eigenvalue weighted by atomic mass is 16.5. The average molecular weight is 181 g/mol. The van der Waals surface area contributed by atoms with Crippen LogP contribution < -0.4 is 4.74 Å². The zero-order valence-corrected chi connectivity index (χ0v) is 6.65. The molecule has 0 amide bonds. The largest absolute Gasteiger partial charge is 0.505 e. The van der Waals surface area contributed by atoms with Crippen LogP contribution >= 0.6 is 0 Å². The molecular formula is C8H7NO4. The van der Waals surface area contributed by atoms with Crippen molar-refractivity contribution in [1.82, 2.24) is 4.98 Å². The van der Waals surface area contributed by atoms with E-state index in [1.165, 1.54) is 6.07 Å². The number of carbonyl (C=O) groups is 1. The molecule has 5 nitrogen and oxygen atoms in total. The zero-order chi connectivity index (χ0) is 9.42. The van der Waals surface area contributed by atoms with Gasteiger partial charge in [-0.25, -0.2) is 9.78 Å². The van der Waals surface area contributed by atoms with E-state index in [0.717, 1.165) is 0 Å². The van der Waals surface area contributed by atoms with Crippen LogP contribution in [0.25, 0.3) is 0 Å². The summed E-state index contributed by atoms with van der Waals surface area (Å²) >= 11 is 0. The topological polar surface area (TPSA) is 79.7 Å². The molecule has 0 spiro atoms. The maximum atomic E-state index is 10.6. The molecule has 0 bridgehead atoms. The van der Waals surface area contributed by atoms with Gasteiger partial charge < -0.3 is 14.9 Å². The number of carboxylic acid groups (broad SMARTS) is 1. The molecule has 0 saturated heterocycles. The predicted molar refractivity (Wildman–Crippen MR) is 42.1 cm³/mol. The number of aromatic nitrogens is 1. The Hall–Kier alpha value is -1.78. The Morgan fingerprint density at radius 2 is 2.38 bits per heavy atom. The minimum absolute atomic E-state index is 0.316. The first-order chi connectivity index (χ1) is 6.18. The van der Waals surface area contributed by atoms with Crippen LogP contribution in [0.3, 0.4) is 0 Å². The summed E-state index contributed by atoms with van der Waals surface area (Å²) < 4.78 is 5.10. The second-order valence-corrected chi connectivity index (χ2v) is 2.70. The number of aromatic hydroxyl groups is 1. The van der Waals surface area contributed by atoms with Crippen molar-refractivity contribution in [3.63, 3.8) is 0 Å². The van der Waals surface area contributed by atoms with Crippen LogP contribution in [-0.4, -0.2) is 27.8 Å². The maximum Gasteiger partial charge on any atom is 0.358 e. The number of rotatable bonds is 1. The third-order valence-electron chi connectivity index (χ3n) is 1.84. The number of fused-ring (bicyclic) bond motifs is 1. The van der Waals surface area contributed by atoms with Gasteiger partial charge in [-0.2, -0.15) is 0 Å². The van der Waals surface area contributed by atoms with E-state index in [1.807, 2.05) is 0 Å². The third kappa shape index (κ3) is 1.18. The lowest BCUT2D eigenvalue weighted by Crippen LogP contribution is -2.02. The van der Waals surface area contributed by atoms with Crippen molar-refractivity contribution in [2.45, 2.75) is 6.42 Å². The molecule has 0 aromatic carbocycles. The van der Waals surface area contributed by atoms with E-state index in [2.05, 4.69) is 4.98 Å². The predicted octanol–water partition coefficient (Wildman–Crippen LogP) is 0.420. The lowest BCUT2D eigenvalue weighted by molar-refractivity contribution is 0.0686. The summed E-state index contributed by atoms with van der Waals surface area (Å²) in [7, 11) is 0. The maximum absolute atomic E-state index is 10.6. The molecule has 68 valence electrons. The SMILES string of the molecule is O=C(O)c1nc2c(cc1O)OCC2. The first-order valence-corrected chi connectivity index (χ1v) is 3.77. The number of hydrogen-bond acceptors (Lipinski definition) is 4. The fraction of sp³-hybridized carbons (Fsp3) is 0.250. The normalized spacial score (nSPS) is 13.5. The minimum Gasteiger partial charge on any atom is -0.505 e. The van der Waals surface area contributed by atoms with Crippen molar-refractivity contribution in [1.29, 1.82) is 0 Å². The fourth-order valence-corrected chi connectivity index (χ4v) is 1.24. The molecule has 0 atom stereocenters. The van der Waals surface area contributed by atoms with Crippen LogP contribution in [0.4, 0.5) is 0 Å². The number of pyridine rings is 1. The van der Waals surface area contributed by atoms with E-state index in [1.54, 1.807) is 0 Å². The molecule has 1 aliphatic heterocycles. The number of hydrogen-bond donors (Lipinski definition) is 2. The van der Waals surface area contributed by atoms with Crippen LogP contribution in [0, 0.1) is 0 Å². The molecule has 1 aromatic heterocycles. The number of nitrogens with zero attached hydrogens (tertiary/aromatic N) is 1. The Morgan fingerprint density at radius 1 is 1.62 bits per heavy atom. The molecule has 0 radical (unpaired) electrons. The van der Waals surface area contributed by atoms with Crippen LogP contribution in [0.5, 0.6) is 11.5 Å². The average Bonchev–Trinajstić information content (AvgIpc) is 2.48. The van der Waals surface area contributed by atoms with E-state index in [9.17, 15) is 9.90 Å². The number of aromatic carboxylic acids is 1. The van der Waals surface area contributed by atoms with Gasteiger partial charge in [-0.15, -0.1) is 0 Å². The molecule has 0 aliphatic carbocycles. The Morgan fingerprint density at radius 3 is 3.08 bits per heavy atom. The van der Waals surface area contributed by atoms with Crippen molar-refractivity contribution in [3.8, 4) is 11.5 Å². The summed E-state index contributed by atoms with van der Waals surface area (Å²) in [4.78, 5) is 14.3. The fourth-order valence-electron chi connectivity index (χ4n) is 1.24. The number of carboxylic acids is 1. The molecule has 0 fully saturated rings. The van der Waals surface area contributed by atoms with E-state index < -0.39 is 5.97 Å². The van der Waals surface area contributed by atoms with Crippen LogP contribution in [0.1, 0.15) is 16.2 Å². The molecule has 2 N–H and O–H groups in total. The van der Waals surface area contributed by atoms with Crippen LogP contribution in [-0.2, 0) is 6.42 Å². The second kappa shape index (κ2) is 2.62. The van der Waals surface area contributed by atoms with Gasteiger partial charge in [-0.1, -0.05) is 0 Å². The van der Waals surface area contributed by atoms with E-state index in [0.29, 0.717) is 24.5 Å². The summed E-state index contributed by atoms with van der Waals surface area (Å²) in [6, 6.07) is 1.29. The van der Waals surface area contributed by atoms with Crippen LogP contribution in [0.2, 0.25) is 0 Å². The summed E-state index contributed by atoms with van der Waals surface area (Å²) in [5, 5.41) is 17.9. The van der Waals surface area contributed by atoms with Gasteiger partial charge in [0.05, 0.1) is 12.3 Å². The van der Waals surface area contributed by atoms with Gasteiger partial charge in [0, 0.05) is 12.5 Å². The smallest absolute Gasteiger partial charge is 0.358 e. The summed E-state index contributed by atoms with van der Waals surface area (Å²) in [5.41, 5.74) is 0.277. The van der Waals surface area contributed by atoms with E-state index in [-0.39, 0.29) is 11.4 Å². The highest BCUT2D eigenvalue weighted by molar-refractivity contribution is 5.88. The first-order valence-electron chi connectivity index (χ1n) is 3.77. The monoisotopic (exact) mass is 181 g/mol. The quantitative estimate of drug-likeness (QED) is 0.656. The molecule has 2 heterocycles. The Balaban J connectivity index is 2.55. The summed E-state index contributed by atoms with van der Waals surface area (Å²) in [5.74, 6) is -1.11.